The summed E-state index contributed by atoms with van der Waals surface area (Å²) in [6, 6.07) is 11.1. The van der Waals surface area contributed by atoms with Crippen LogP contribution in [0.25, 0.3) is 0 Å². The van der Waals surface area contributed by atoms with E-state index in [1.165, 1.54) is 22.7 Å². The molecule has 1 N–H and O–H groups in total. The van der Waals surface area contributed by atoms with Gasteiger partial charge in [-0.15, -0.1) is 11.8 Å². The second-order valence-electron chi connectivity index (χ2n) is 8.01. The quantitative estimate of drug-likeness (QED) is 0.474. The summed E-state index contributed by atoms with van der Waals surface area (Å²) in [6.45, 7) is 1.92. The third-order valence-electron chi connectivity index (χ3n) is 5.67. The molecule has 1 atom stereocenters. The molecule has 1 aliphatic carbocycles. The summed E-state index contributed by atoms with van der Waals surface area (Å²) >= 11 is 13.7. The van der Waals surface area contributed by atoms with Gasteiger partial charge in [0.1, 0.15) is 11.9 Å². The Kier molecular flexibility index (Phi) is 9.26. The van der Waals surface area contributed by atoms with Crippen LogP contribution in [0, 0.1) is 5.82 Å². The zero-order chi connectivity index (χ0) is 23.1. The van der Waals surface area contributed by atoms with Crippen LogP contribution in [0.2, 0.25) is 10.0 Å². The molecular formula is C24H27Cl2FN2O2S. The van der Waals surface area contributed by atoms with Gasteiger partial charge in [-0.2, -0.15) is 0 Å². The van der Waals surface area contributed by atoms with Crippen LogP contribution >= 0.6 is 35.0 Å². The molecular weight excluding hydrogens is 470 g/mol. The fraction of sp³-hybridized carbons (Fsp3) is 0.417. The van der Waals surface area contributed by atoms with Crippen molar-refractivity contribution >= 4 is 46.8 Å². The molecule has 2 aromatic carbocycles. The van der Waals surface area contributed by atoms with Crippen molar-refractivity contribution in [3.05, 3.63) is 69.5 Å². The van der Waals surface area contributed by atoms with E-state index in [-0.39, 0.29) is 36.0 Å². The van der Waals surface area contributed by atoms with Gasteiger partial charge in [0.05, 0.1) is 5.75 Å². The highest BCUT2D eigenvalue weighted by atomic mass is 35.5. The van der Waals surface area contributed by atoms with Gasteiger partial charge in [-0.25, -0.2) is 4.39 Å². The van der Waals surface area contributed by atoms with Crippen LogP contribution < -0.4 is 5.32 Å². The number of carbonyl (C=O) groups excluding carboxylic acids is 2. The van der Waals surface area contributed by atoms with Gasteiger partial charge >= 0.3 is 0 Å². The van der Waals surface area contributed by atoms with E-state index in [9.17, 15) is 14.0 Å². The van der Waals surface area contributed by atoms with Gasteiger partial charge < -0.3 is 10.2 Å². The predicted octanol–water partition coefficient (Wildman–Crippen LogP) is 5.84. The number of carbonyl (C=O) groups is 2. The van der Waals surface area contributed by atoms with Crippen molar-refractivity contribution in [1.82, 2.24) is 10.2 Å². The highest BCUT2D eigenvalue weighted by Crippen LogP contribution is 2.25. The van der Waals surface area contributed by atoms with E-state index in [1.807, 2.05) is 0 Å². The second kappa shape index (κ2) is 11.9. The zero-order valence-electron chi connectivity index (χ0n) is 18.0. The number of hydrogen-bond donors (Lipinski definition) is 1. The minimum atomic E-state index is -0.663. The van der Waals surface area contributed by atoms with Crippen molar-refractivity contribution in [3.8, 4) is 0 Å². The van der Waals surface area contributed by atoms with E-state index in [2.05, 4.69) is 5.32 Å². The van der Waals surface area contributed by atoms with Crippen LogP contribution in [-0.4, -0.2) is 34.6 Å². The molecule has 172 valence electrons. The normalized spacial score (nSPS) is 14.9. The predicted molar refractivity (Wildman–Crippen MR) is 129 cm³/mol. The van der Waals surface area contributed by atoms with E-state index in [4.69, 9.17) is 23.2 Å². The third-order valence-corrected chi connectivity index (χ3v) is 7.22. The van der Waals surface area contributed by atoms with Crippen molar-refractivity contribution < 1.29 is 14.0 Å². The Morgan fingerprint density at radius 3 is 2.56 bits per heavy atom. The van der Waals surface area contributed by atoms with E-state index < -0.39 is 6.04 Å². The molecule has 2 aromatic rings. The Morgan fingerprint density at radius 2 is 1.88 bits per heavy atom. The molecule has 0 aromatic heterocycles. The van der Waals surface area contributed by atoms with Crippen molar-refractivity contribution in [3.63, 3.8) is 0 Å². The van der Waals surface area contributed by atoms with Gasteiger partial charge in [0, 0.05) is 28.4 Å². The Balaban J connectivity index is 1.70. The van der Waals surface area contributed by atoms with Crippen LogP contribution in [0.4, 0.5) is 4.39 Å². The van der Waals surface area contributed by atoms with Crippen LogP contribution in [-0.2, 0) is 21.9 Å². The SMILES string of the molecule is C[C@@H](C(=O)NC1CCCC1)N(Cc1ccc(Cl)cc1Cl)C(=O)CSCc1ccccc1F. The summed E-state index contributed by atoms with van der Waals surface area (Å²) in [5, 5.41) is 4.02. The summed E-state index contributed by atoms with van der Waals surface area (Å²) in [4.78, 5) is 27.6. The monoisotopic (exact) mass is 496 g/mol. The molecule has 0 unspecified atom stereocenters. The van der Waals surface area contributed by atoms with Gasteiger partial charge in [-0.3, -0.25) is 9.59 Å². The molecule has 0 spiro atoms. The number of thioether (sulfide) groups is 1. The average Bonchev–Trinajstić information content (AvgIpc) is 3.27. The number of nitrogens with one attached hydrogen (secondary N) is 1. The lowest BCUT2D eigenvalue weighted by molar-refractivity contribution is -0.138. The zero-order valence-corrected chi connectivity index (χ0v) is 20.3. The lowest BCUT2D eigenvalue weighted by Gasteiger charge is -2.30. The maximum Gasteiger partial charge on any atom is 0.242 e. The number of halogens is 3. The van der Waals surface area contributed by atoms with Gasteiger partial charge in [-0.05, 0) is 49.1 Å². The van der Waals surface area contributed by atoms with Gasteiger partial charge in [0.25, 0.3) is 0 Å². The van der Waals surface area contributed by atoms with Gasteiger partial charge in [0.2, 0.25) is 11.8 Å². The number of rotatable bonds is 9. The standard InChI is InChI=1S/C24H27Cl2FN2O2S/c1-16(24(31)28-20-7-3-4-8-20)29(13-17-10-11-19(25)12-21(17)26)23(30)15-32-14-18-6-2-5-9-22(18)27/h2,5-6,9-12,16,20H,3-4,7-8,13-15H2,1H3,(H,28,31)/t16-/m0/s1. The number of hydrogen-bond acceptors (Lipinski definition) is 3. The maximum absolute atomic E-state index is 13.9. The minimum absolute atomic E-state index is 0.126. The number of benzene rings is 2. The molecule has 8 heteroatoms. The Bertz CT molecular complexity index is 953. The first-order valence-electron chi connectivity index (χ1n) is 10.7. The Labute approximate surface area is 202 Å². The molecule has 0 radical (unpaired) electrons. The van der Waals surface area contributed by atoms with Crippen molar-refractivity contribution in [2.45, 2.75) is 57.0 Å². The highest BCUT2D eigenvalue weighted by molar-refractivity contribution is 7.99. The first kappa shape index (κ1) is 24.9. The maximum atomic E-state index is 13.9. The lowest BCUT2D eigenvalue weighted by atomic mass is 10.1. The smallest absolute Gasteiger partial charge is 0.242 e. The molecule has 1 fully saturated rings. The molecule has 2 amide bonds. The minimum Gasteiger partial charge on any atom is -0.352 e. The van der Waals surface area contributed by atoms with Crippen LogP contribution in [0.5, 0.6) is 0 Å². The van der Waals surface area contributed by atoms with Gasteiger partial charge in [0.15, 0.2) is 0 Å². The number of amides is 2. The fourth-order valence-electron chi connectivity index (χ4n) is 3.75. The first-order valence-corrected chi connectivity index (χ1v) is 12.6. The lowest BCUT2D eigenvalue weighted by Crippen LogP contribution is -2.50. The molecule has 0 heterocycles. The molecule has 0 bridgehead atoms. The molecule has 32 heavy (non-hydrogen) atoms. The third kappa shape index (κ3) is 6.87. The molecule has 0 saturated heterocycles. The van der Waals surface area contributed by atoms with E-state index in [1.54, 1.807) is 43.3 Å². The molecule has 1 aliphatic rings. The topological polar surface area (TPSA) is 49.4 Å². The summed E-state index contributed by atoms with van der Waals surface area (Å²) in [7, 11) is 0. The van der Waals surface area contributed by atoms with Crippen LogP contribution in [0.15, 0.2) is 42.5 Å². The van der Waals surface area contributed by atoms with Crippen molar-refractivity contribution in [1.29, 1.82) is 0 Å². The van der Waals surface area contributed by atoms with E-state index in [0.717, 1.165) is 25.7 Å². The summed E-state index contributed by atoms with van der Waals surface area (Å²) in [6.07, 6.45) is 4.14. The second-order valence-corrected chi connectivity index (χ2v) is 9.84. The molecule has 0 aliphatic heterocycles. The number of nitrogens with zero attached hydrogens (tertiary/aromatic N) is 1. The van der Waals surface area contributed by atoms with E-state index >= 15 is 0 Å². The van der Waals surface area contributed by atoms with Crippen molar-refractivity contribution in [2.75, 3.05) is 5.75 Å². The highest BCUT2D eigenvalue weighted by Gasteiger charge is 2.28. The Morgan fingerprint density at radius 1 is 1.16 bits per heavy atom. The summed E-state index contributed by atoms with van der Waals surface area (Å²) < 4.78 is 13.9. The van der Waals surface area contributed by atoms with Gasteiger partial charge in [-0.1, -0.05) is 60.3 Å². The summed E-state index contributed by atoms with van der Waals surface area (Å²) in [5.41, 5.74) is 1.26. The average molecular weight is 497 g/mol. The van der Waals surface area contributed by atoms with E-state index in [0.29, 0.717) is 26.9 Å². The van der Waals surface area contributed by atoms with Crippen LogP contribution in [0.3, 0.4) is 0 Å². The Hall–Kier alpha value is -1.76. The molecule has 3 rings (SSSR count). The molecule has 1 saturated carbocycles. The molecule has 4 nitrogen and oxygen atoms in total. The summed E-state index contributed by atoms with van der Waals surface area (Å²) in [5.74, 6) is -0.167. The largest absolute Gasteiger partial charge is 0.352 e. The van der Waals surface area contributed by atoms with Crippen LogP contribution in [0.1, 0.15) is 43.7 Å². The fourth-order valence-corrected chi connectivity index (χ4v) is 5.12. The first-order chi connectivity index (χ1) is 15.3. The van der Waals surface area contributed by atoms with Crippen molar-refractivity contribution in [2.24, 2.45) is 0 Å².